The Morgan fingerprint density at radius 1 is 1.42 bits per heavy atom. The molecule has 104 valence electrons. The predicted octanol–water partition coefficient (Wildman–Crippen LogP) is 3.15. The topological polar surface area (TPSA) is 46.6 Å². The number of hydrogen-bond acceptors (Lipinski definition) is 3. The van der Waals surface area contributed by atoms with E-state index in [0.29, 0.717) is 6.29 Å². The fraction of sp³-hybridized carbons (Fsp3) is 0.429. The molecule has 0 saturated heterocycles. The van der Waals surface area contributed by atoms with E-state index in [1.165, 1.54) is 18.2 Å². The van der Waals surface area contributed by atoms with Crippen LogP contribution in [0.25, 0.3) is 0 Å². The molecule has 0 aliphatic carbocycles. The van der Waals surface area contributed by atoms with Crippen LogP contribution in [0.1, 0.15) is 27.7 Å². The van der Waals surface area contributed by atoms with Gasteiger partial charge in [0, 0.05) is 0 Å². The van der Waals surface area contributed by atoms with Crippen LogP contribution in [0, 0.1) is 5.82 Å². The number of hydrogen-bond donors (Lipinski definition) is 0. The summed E-state index contributed by atoms with van der Waals surface area (Å²) in [5.74, 6) is -0.482. The highest BCUT2D eigenvalue weighted by Gasteiger charge is 2.27. The maximum absolute atomic E-state index is 13.2. The number of ether oxygens (including phenoxy) is 1. The van der Waals surface area contributed by atoms with Crippen molar-refractivity contribution < 1.29 is 18.7 Å². The van der Waals surface area contributed by atoms with Crippen LogP contribution < -0.4 is 4.90 Å². The number of nitrogens with zero attached hydrogens (tertiary/aromatic N) is 1. The first-order valence-electron chi connectivity index (χ1n) is 5.97. The minimum Gasteiger partial charge on any atom is -0.443 e. The van der Waals surface area contributed by atoms with Gasteiger partial charge in [0.1, 0.15) is 17.7 Å². The maximum Gasteiger partial charge on any atom is 0.415 e. The maximum atomic E-state index is 13.2. The molecule has 1 aromatic rings. The lowest BCUT2D eigenvalue weighted by atomic mass is 10.2. The summed E-state index contributed by atoms with van der Waals surface area (Å²) < 4.78 is 18.5. The third kappa shape index (κ3) is 4.35. The number of aldehydes is 1. The van der Waals surface area contributed by atoms with E-state index < -0.39 is 23.6 Å². The third-order valence-electron chi connectivity index (χ3n) is 2.28. The van der Waals surface area contributed by atoms with Crippen LogP contribution in [0.4, 0.5) is 14.9 Å². The van der Waals surface area contributed by atoms with Crippen molar-refractivity contribution in [2.75, 3.05) is 4.90 Å². The molecule has 0 fully saturated rings. The lowest BCUT2D eigenvalue weighted by Crippen LogP contribution is -2.43. The molecule has 0 N–H and O–H groups in total. The Bertz CT molecular complexity index is 468. The zero-order valence-corrected chi connectivity index (χ0v) is 11.5. The summed E-state index contributed by atoms with van der Waals surface area (Å²) in [4.78, 5) is 24.2. The summed E-state index contributed by atoms with van der Waals surface area (Å²) in [5.41, 5.74) is -0.403. The standard InChI is InChI=1S/C14H18FNO3/c1-10(9-17)16(13(18)19-14(2,3)4)12-7-5-6-11(15)8-12/h5-10H,1-4H3. The summed E-state index contributed by atoms with van der Waals surface area (Å²) in [7, 11) is 0. The van der Waals surface area contributed by atoms with Gasteiger partial charge in [-0.15, -0.1) is 0 Å². The van der Waals surface area contributed by atoms with Gasteiger partial charge < -0.3 is 9.53 Å². The molecule has 0 bridgehead atoms. The molecule has 1 aromatic carbocycles. The van der Waals surface area contributed by atoms with Gasteiger partial charge in [0.15, 0.2) is 0 Å². The third-order valence-corrected chi connectivity index (χ3v) is 2.28. The zero-order chi connectivity index (χ0) is 14.6. The summed E-state index contributed by atoms with van der Waals surface area (Å²) in [6, 6.07) is 4.73. The van der Waals surface area contributed by atoms with E-state index in [0.717, 1.165) is 4.90 Å². The van der Waals surface area contributed by atoms with Crippen molar-refractivity contribution in [3.8, 4) is 0 Å². The van der Waals surface area contributed by atoms with E-state index in [1.54, 1.807) is 33.8 Å². The quantitative estimate of drug-likeness (QED) is 0.790. The molecule has 1 atom stereocenters. The van der Waals surface area contributed by atoms with E-state index in [4.69, 9.17) is 4.74 Å². The number of anilines is 1. The Morgan fingerprint density at radius 3 is 2.53 bits per heavy atom. The second-order valence-corrected chi connectivity index (χ2v) is 5.21. The van der Waals surface area contributed by atoms with Crippen LogP contribution >= 0.6 is 0 Å². The van der Waals surface area contributed by atoms with Crippen LogP contribution in [-0.4, -0.2) is 24.0 Å². The summed E-state index contributed by atoms with van der Waals surface area (Å²) in [6.45, 7) is 6.71. The van der Waals surface area contributed by atoms with Gasteiger partial charge in [-0.3, -0.25) is 4.90 Å². The average Bonchev–Trinajstić information content (AvgIpc) is 2.26. The molecule has 0 radical (unpaired) electrons. The van der Waals surface area contributed by atoms with Crippen LogP contribution in [0.5, 0.6) is 0 Å². The fourth-order valence-electron chi connectivity index (χ4n) is 1.50. The molecular formula is C14H18FNO3. The Hall–Kier alpha value is -1.91. The first-order chi connectivity index (χ1) is 8.74. The van der Waals surface area contributed by atoms with Crippen LogP contribution in [-0.2, 0) is 9.53 Å². The number of amides is 1. The van der Waals surface area contributed by atoms with E-state index >= 15 is 0 Å². The molecule has 0 heterocycles. The second kappa shape index (κ2) is 5.82. The molecule has 0 aliphatic rings. The molecular weight excluding hydrogens is 249 g/mol. The number of carbonyl (C=O) groups excluding carboxylic acids is 2. The van der Waals surface area contributed by atoms with Gasteiger partial charge in [-0.2, -0.15) is 0 Å². The summed E-state index contributed by atoms with van der Waals surface area (Å²) in [5, 5.41) is 0. The molecule has 1 rings (SSSR count). The van der Waals surface area contributed by atoms with Gasteiger partial charge >= 0.3 is 6.09 Å². The highest BCUT2D eigenvalue weighted by Crippen LogP contribution is 2.21. The number of carbonyl (C=O) groups is 2. The zero-order valence-electron chi connectivity index (χ0n) is 11.5. The Morgan fingerprint density at radius 2 is 2.05 bits per heavy atom. The van der Waals surface area contributed by atoms with Crippen molar-refractivity contribution in [1.29, 1.82) is 0 Å². The highest BCUT2D eigenvalue weighted by atomic mass is 19.1. The SMILES string of the molecule is CC(C=O)N(C(=O)OC(C)(C)C)c1cccc(F)c1. The van der Waals surface area contributed by atoms with Crippen LogP contribution in [0.15, 0.2) is 24.3 Å². The van der Waals surface area contributed by atoms with E-state index in [-0.39, 0.29) is 5.69 Å². The van der Waals surface area contributed by atoms with E-state index in [2.05, 4.69) is 0 Å². The van der Waals surface area contributed by atoms with E-state index in [1.807, 2.05) is 0 Å². The monoisotopic (exact) mass is 267 g/mol. The first kappa shape index (κ1) is 15.1. The largest absolute Gasteiger partial charge is 0.443 e. The summed E-state index contributed by atoms with van der Waals surface area (Å²) >= 11 is 0. The number of benzene rings is 1. The molecule has 0 aromatic heterocycles. The Kier molecular flexibility index (Phi) is 4.64. The molecule has 1 amide bonds. The van der Waals surface area contributed by atoms with Crippen molar-refractivity contribution in [1.82, 2.24) is 0 Å². The molecule has 0 aliphatic heterocycles. The lowest BCUT2D eigenvalue weighted by molar-refractivity contribution is -0.108. The molecule has 5 heteroatoms. The number of halogens is 1. The van der Waals surface area contributed by atoms with Gasteiger partial charge in [0.25, 0.3) is 0 Å². The van der Waals surface area contributed by atoms with Gasteiger partial charge in [0.05, 0.1) is 11.7 Å². The smallest absolute Gasteiger partial charge is 0.415 e. The van der Waals surface area contributed by atoms with Crippen molar-refractivity contribution in [2.45, 2.75) is 39.3 Å². The van der Waals surface area contributed by atoms with Crippen molar-refractivity contribution in [2.24, 2.45) is 0 Å². The molecule has 19 heavy (non-hydrogen) atoms. The lowest BCUT2D eigenvalue weighted by Gasteiger charge is -2.29. The van der Waals surface area contributed by atoms with Gasteiger partial charge in [-0.25, -0.2) is 9.18 Å². The van der Waals surface area contributed by atoms with Crippen molar-refractivity contribution in [3.05, 3.63) is 30.1 Å². The fourth-order valence-corrected chi connectivity index (χ4v) is 1.50. The highest BCUT2D eigenvalue weighted by molar-refractivity contribution is 5.92. The van der Waals surface area contributed by atoms with E-state index in [9.17, 15) is 14.0 Å². The molecule has 4 nitrogen and oxygen atoms in total. The summed E-state index contributed by atoms with van der Waals surface area (Å²) in [6.07, 6.45) is -0.0767. The normalized spacial score (nSPS) is 12.7. The Balaban J connectivity index is 3.08. The Labute approximate surface area is 112 Å². The molecule has 0 spiro atoms. The molecule has 1 unspecified atom stereocenters. The average molecular weight is 267 g/mol. The second-order valence-electron chi connectivity index (χ2n) is 5.21. The minimum absolute atomic E-state index is 0.286. The minimum atomic E-state index is -0.739. The number of rotatable bonds is 3. The van der Waals surface area contributed by atoms with Crippen molar-refractivity contribution in [3.63, 3.8) is 0 Å². The van der Waals surface area contributed by atoms with Gasteiger partial charge in [-0.1, -0.05) is 6.07 Å². The van der Waals surface area contributed by atoms with Gasteiger partial charge in [-0.05, 0) is 45.9 Å². The predicted molar refractivity (Wildman–Crippen MR) is 70.6 cm³/mol. The molecule has 0 saturated carbocycles. The van der Waals surface area contributed by atoms with Crippen molar-refractivity contribution >= 4 is 18.1 Å². The van der Waals surface area contributed by atoms with Crippen LogP contribution in [0.2, 0.25) is 0 Å². The first-order valence-corrected chi connectivity index (χ1v) is 5.97. The van der Waals surface area contributed by atoms with Crippen LogP contribution in [0.3, 0.4) is 0 Å². The van der Waals surface area contributed by atoms with Gasteiger partial charge in [0.2, 0.25) is 0 Å².